The molecule has 0 aliphatic heterocycles. The van der Waals surface area contributed by atoms with Crippen LogP contribution in [0, 0.1) is 17.2 Å². The molecule has 186 valence electrons. The maximum absolute atomic E-state index is 13.5. The number of fused-ring (bicyclic) bond motifs is 1. The van der Waals surface area contributed by atoms with Gasteiger partial charge in [-0.05, 0) is 55.2 Å². The number of amides is 1. The number of ether oxygens (including phenoxy) is 1. The Hall–Kier alpha value is -4.91. The standard InChI is InChI=1S/C27H25N7O3/c1-32(26(35)19(16-28)15-18-7-8-18)13-14-33-25-23(24(29)30-17-31-25)34(27(33)36)20-9-11-22(12-10-20)37-21-5-3-2-4-6-21/h2-6,9-12,15,17-18H,7-8,13-14H2,1H3,(H2,29,30,31). The number of para-hydroxylation sites is 1. The minimum Gasteiger partial charge on any atom is -0.457 e. The lowest BCUT2D eigenvalue weighted by Crippen LogP contribution is -2.34. The largest absolute Gasteiger partial charge is 0.457 e. The van der Waals surface area contributed by atoms with Crippen LogP contribution >= 0.6 is 0 Å². The normalized spacial score (nSPS) is 13.4. The lowest BCUT2D eigenvalue weighted by Gasteiger charge is -2.16. The zero-order valence-electron chi connectivity index (χ0n) is 20.2. The van der Waals surface area contributed by atoms with E-state index in [2.05, 4.69) is 9.97 Å². The van der Waals surface area contributed by atoms with Crippen molar-refractivity contribution in [2.24, 2.45) is 5.92 Å². The number of nitrogen functional groups attached to an aromatic ring is 1. The Kier molecular flexibility index (Phi) is 6.43. The molecule has 37 heavy (non-hydrogen) atoms. The first kappa shape index (κ1) is 23.8. The van der Waals surface area contributed by atoms with E-state index in [4.69, 9.17) is 10.5 Å². The number of allylic oxidation sites excluding steroid dienone is 1. The summed E-state index contributed by atoms with van der Waals surface area (Å²) in [4.78, 5) is 36.1. The van der Waals surface area contributed by atoms with E-state index in [1.807, 2.05) is 36.4 Å². The Morgan fingerprint density at radius 1 is 1.16 bits per heavy atom. The van der Waals surface area contributed by atoms with Crippen LogP contribution in [-0.2, 0) is 11.3 Å². The molecule has 2 heterocycles. The summed E-state index contributed by atoms with van der Waals surface area (Å²) in [7, 11) is 1.61. The number of hydrogen-bond acceptors (Lipinski definition) is 7. The molecule has 2 aromatic carbocycles. The van der Waals surface area contributed by atoms with Gasteiger partial charge in [0.25, 0.3) is 5.91 Å². The first-order valence-electron chi connectivity index (χ1n) is 11.9. The van der Waals surface area contributed by atoms with E-state index in [1.54, 1.807) is 37.4 Å². The fraction of sp³-hybridized carbons (Fsp3) is 0.222. The second-order valence-corrected chi connectivity index (χ2v) is 8.87. The van der Waals surface area contributed by atoms with Crippen LogP contribution in [0.5, 0.6) is 11.5 Å². The highest BCUT2D eigenvalue weighted by Gasteiger charge is 2.24. The molecular weight excluding hydrogens is 470 g/mol. The number of rotatable bonds is 8. The Morgan fingerprint density at radius 2 is 1.86 bits per heavy atom. The monoisotopic (exact) mass is 495 g/mol. The number of aromatic nitrogens is 4. The van der Waals surface area contributed by atoms with Gasteiger partial charge in [-0.1, -0.05) is 24.3 Å². The fourth-order valence-electron chi connectivity index (χ4n) is 4.04. The first-order chi connectivity index (χ1) is 18.0. The van der Waals surface area contributed by atoms with Crippen LogP contribution in [0.4, 0.5) is 5.82 Å². The molecule has 1 fully saturated rings. The summed E-state index contributed by atoms with van der Waals surface area (Å²) in [6.45, 7) is 0.369. The average Bonchev–Trinajstić information content (AvgIpc) is 3.69. The molecule has 10 nitrogen and oxygen atoms in total. The quantitative estimate of drug-likeness (QED) is 0.293. The summed E-state index contributed by atoms with van der Waals surface area (Å²) in [6, 6.07) is 18.4. The molecule has 10 heteroatoms. The molecule has 5 rings (SSSR count). The third kappa shape index (κ3) is 4.92. The molecule has 0 atom stereocenters. The lowest BCUT2D eigenvalue weighted by atomic mass is 10.2. The molecular formula is C27H25N7O3. The van der Waals surface area contributed by atoms with E-state index >= 15 is 0 Å². The van der Waals surface area contributed by atoms with Gasteiger partial charge in [0.05, 0.1) is 5.69 Å². The average molecular weight is 496 g/mol. The van der Waals surface area contributed by atoms with Crippen molar-refractivity contribution in [2.45, 2.75) is 19.4 Å². The summed E-state index contributed by atoms with van der Waals surface area (Å²) in [5.74, 6) is 1.41. The van der Waals surface area contributed by atoms with Crippen molar-refractivity contribution in [3.63, 3.8) is 0 Å². The van der Waals surface area contributed by atoms with Crippen molar-refractivity contribution in [3.8, 4) is 23.3 Å². The molecule has 1 amide bonds. The molecule has 0 unspecified atom stereocenters. The number of benzene rings is 2. The number of likely N-dealkylation sites (N-methyl/N-ethyl adjacent to an activating group) is 1. The Bertz CT molecular complexity index is 1580. The number of nitrogens with two attached hydrogens (primary N) is 1. The van der Waals surface area contributed by atoms with E-state index in [9.17, 15) is 14.9 Å². The molecule has 0 saturated heterocycles. The molecule has 1 aliphatic rings. The zero-order chi connectivity index (χ0) is 25.9. The molecule has 1 saturated carbocycles. The van der Waals surface area contributed by atoms with Crippen LogP contribution in [-0.4, -0.2) is 43.5 Å². The molecule has 0 bridgehead atoms. The Balaban J connectivity index is 1.43. The number of carbonyl (C=O) groups excluding carboxylic acids is 1. The predicted molar refractivity (Wildman–Crippen MR) is 138 cm³/mol. The van der Waals surface area contributed by atoms with Crippen LogP contribution in [0.15, 0.2) is 77.4 Å². The van der Waals surface area contributed by atoms with Crippen molar-refractivity contribution >= 4 is 22.9 Å². The number of nitrogens with zero attached hydrogens (tertiary/aromatic N) is 6. The van der Waals surface area contributed by atoms with Crippen molar-refractivity contribution in [1.29, 1.82) is 5.26 Å². The van der Waals surface area contributed by atoms with E-state index < -0.39 is 0 Å². The van der Waals surface area contributed by atoms with Crippen molar-refractivity contribution in [3.05, 3.63) is 83.1 Å². The van der Waals surface area contributed by atoms with Gasteiger partial charge in [0, 0.05) is 20.1 Å². The number of nitriles is 1. The van der Waals surface area contributed by atoms with Gasteiger partial charge in [0.2, 0.25) is 0 Å². The van der Waals surface area contributed by atoms with Crippen LogP contribution < -0.4 is 16.2 Å². The van der Waals surface area contributed by atoms with Crippen LogP contribution in [0.3, 0.4) is 0 Å². The maximum atomic E-state index is 13.5. The highest BCUT2D eigenvalue weighted by molar-refractivity contribution is 5.97. The SMILES string of the molecule is CN(CCn1c(=O)n(-c2ccc(Oc3ccccc3)cc2)c2c(N)ncnc21)C(=O)C(C#N)=CC1CC1. The van der Waals surface area contributed by atoms with Crippen LogP contribution in [0.25, 0.3) is 16.9 Å². The van der Waals surface area contributed by atoms with Gasteiger partial charge in [0.15, 0.2) is 11.5 Å². The van der Waals surface area contributed by atoms with Gasteiger partial charge in [-0.3, -0.25) is 13.9 Å². The van der Waals surface area contributed by atoms with Crippen molar-refractivity contribution in [2.75, 3.05) is 19.3 Å². The van der Waals surface area contributed by atoms with Crippen molar-refractivity contribution in [1.82, 2.24) is 24.0 Å². The lowest BCUT2D eigenvalue weighted by molar-refractivity contribution is -0.125. The van der Waals surface area contributed by atoms with E-state index in [1.165, 1.54) is 20.4 Å². The molecule has 2 N–H and O–H groups in total. The Labute approximate surface area is 212 Å². The van der Waals surface area contributed by atoms with Gasteiger partial charge in [-0.15, -0.1) is 0 Å². The van der Waals surface area contributed by atoms with Crippen LogP contribution in [0.1, 0.15) is 12.8 Å². The van der Waals surface area contributed by atoms with Gasteiger partial charge in [0.1, 0.15) is 35.0 Å². The third-order valence-electron chi connectivity index (χ3n) is 6.19. The summed E-state index contributed by atoms with van der Waals surface area (Å²) >= 11 is 0. The topological polar surface area (TPSA) is 132 Å². The van der Waals surface area contributed by atoms with Crippen molar-refractivity contribution < 1.29 is 9.53 Å². The molecule has 4 aromatic rings. The second-order valence-electron chi connectivity index (χ2n) is 8.87. The fourth-order valence-corrected chi connectivity index (χ4v) is 4.04. The summed E-state index contributed by atoms with van der Waals surface area (Å²) in [5.41, 5.74) is 7.23. The summed E-state index contributed by atoms with van der Waals surface area (Å²) in [6.07, 6.45) is 5.03. The summed E-state index contributed by atoms with van der Waals surface area (Å²) < 4.78 is 8.76. The number of hydrogen-bond donors (Lipinski definition) is 1. The molecule has 1 aliphatic carbocycles. The van der Waals surface area contributed by atoms with E-state index in [0.29, 0.717) is 34.3 Å². The highest BCUT2D eigenvalue weighted by Crippen LogP contribution is 2.31. The number of imidazole rings is 1. The zero-order valence-corrected chi connectivity index (χ0v) is 20.2. The van der Waals surface area contributed by atoms with Gasteiger partial charge >= 0.3 is 5.69 Å². The van der Waals surface area contributed by atoms with E-state index in [-0.39, 0.29) is 36.1 Å². The van der Waals surface area contributed by atoms with E-state index in [0.717, 1.165) is 12.8 Å². The highest BCUT2D eigenvalue weighted by atomic mass is 16.5. The number of anilines is 1. The molecule has 0 radical (unpaired) electrons. The predicted octanol–water partition coefficient (Wildman–Crippen LogP) is 3.28. The van der Waals surface area contributed by atoms with Gasteiger partial charge in [-0.25, -0.2) is 14.8 Å². The van der Waals surface area contributed by atoms with Gasteiger partial charge < -0.3 is 15.4 Å². The summed E-state index contributed by atoms with van der Waals surface area (Å²) in [5, 5.41) is 9.39. The maximum Gasteiger partial charge on any atom is 0.335 e. The minimum atomic E-state index is -0.367. The minimum absolute atomic E-state index is 0.129. The smallest absolute Gasteiger partial charge is 0.335 e. The second kappa shape index (κ2) is 9.99. The molecule has 2 aromatic heterocycles. The molecule has 0 spiro atoms. The van der Waals surface area contributed by atoms with Crippen LogP contribution in [0.2, 0.25) is 0 Å². The van der Waals surface area contributed by atoms with Gasteiger partial charge in [-0.2, -0.15) is 5.26 Å². The first-order valence-corrected chi connectivity index (χ1v) is 11.9. The third-order valence-corrected chi connectivity index (χ3v) is 6.19. The Morgan fingerprint density at radius 3 is 2.54 bits per heavy atom. The number of carbonyl (C=O) groups is 1.